The predicted molar refractivity (Wildman–Crippen MR) is 96.1 cm³/mol. The van der Waals surface area contributed by atoms with Gasteiger partial charge in [0.2, 0.25) is 5.91 Å². The summed E-state index contributed by atoms with van der Waals surface area (Å²) in [5.41, 5.74) is 8.42. The lowest BCUT2D eigenvalue weighted by Gasteiger charge is -2.35. The maximum atomic E-state index is 12.4. The summed E-state index contributed by atoms with van der Waals surface area (Å²) in [6.07, 6.45) is 3.69. The molecule has 0 saturated carbocycles. The zero-order chi connectivity index (χ0) is 17.8. The smallest absolute Gasteiger partial charge is 0.317 e. The van der Waals surface area contributed by atoms with Crippen LogP contribution in [0.3, 0.4) is 0 Å². The highest BCUT2D eigenvalue weighted by Gasteiger charge is 2.27. The number of imidazole rings is 1. The third kappa shape index (κ3) is 4.10. The van der Waals surface area contributed by atoms with Crippen LogP contribution in [-0.4, -0.2) is 45.9 Å². The molecule has 2 aromatic rings. The van der Waals surface area contributed by atoms with Gasteiger partial charge in [0.25, 0.3) is 0 Å². The van der Waals surface area contributed by atoms with Crippen molar-refractivity contribution in [3.8, 4) is 0 Å². The summed E-state index contributed by atoms with van der Waals surface area (Å²) in [6, 6.07) is 5.82. The Morgan fingerprint density at radius 3 is 3.00 bits per heavy atom. The number of aromatic nitrogens is 2. The SMILES string of the molecule is Cc1cccc2[nH]c(CCNC(=O)N3CCCCC3CC(N)=O)nc12. The van der Waals surface area contributed by atoms with E-state index >= 15 is 0 Å². The molecular formula is C18H25N5O2. The quantitative estimate of drug-likeness (QED) is 0.771. The molecule has 3 amide bonds. The lowest BCUT2D eigenvalue weighted by Crippen LogP contribution is -2.50. The van der Waals surface area contributed by atoms with E-state index in [9.17, 15) is 9.59 Å². The zero-order valence-corrected chi connectivity index (χ0v) is 14.5. The summed E-state index contributed by atoms with van der Waals surface area (Å²) in [5.74, 6) is 0.499. The van der Waals surface area contributed by atoms with Gasteiger partial charge in [0.05, 0.1) is 11.0 Å². The Bertz CT molecular complexity index is 770. The van der Waals surface area contributed by atoms with E-state index in [1.54, 1.807) is 4.90 Å². The van der Waals surface area contributed by atoms with Crippen LogP contribution in [0.2, 0.25) is 0 Å². The molecule has 25 heavy (non-hydrogen) atoms. The topological polar surface area (TPSA) is 104 Å². The molecule has 1 saturated heterocycles. The van der Waals surface area contributed by atoms with E-state index in [-0.39, 0.29) is 24.4 Å². The van der Waals surface area contributed by atoms with Crippen molar-refractivity contribution in [1.82, 2.24) is 20.2 Å². The van der Waals surface area contributed by atoms with E-state index in [0.717, 1.165) is 41.7 Å². The molecule has 1 atom stereocenters. The number of aryl methyl sites for hydroxylation is 1. The van der Waals surface area contributed by atoms with Crippen molar-refractivity contribution in [3.63, 3.8) is 0 Å². The van der Waals surface area contributed by atoms with Crippen molar-refractivity contribution in [2.45, 2.75) is 45.1 Å². The van der Waals surface area contributed by atoms with Gasteiger partial charge in [0, 0.05) is 32.0 Å². The summed E-state index contributed by atoms with van der Waals surface area (Å²) in [6.45, 7) is 3.20. The highest BCUT2D eigenvalue weighted by atomic mass is 16.2. The third-order valence-corrected chi connectivity index (χ3v) is 4.73. The van der Waals surface area contributed by atoms with E-state index < -0.39 is 0 Å². The number of para-hydroxylation sites is 1. The highest BCUT2D eigenvalue weighted by Crippen LogP contribution is 2.19. The largest absolute Gasteiger partial charge is 0.370 e. The minimum absolute atomic E-state index is 0.0832. The fourth-order valence-corrected chi connectivity index (χ4v) is 3.45. The molecule has 2 heterocycles. The Morgan fingerprint density at radius 2 is 2.24 bits per heavy atom. The van der Waals surface area contributed by atoms with Crippen LogP contribution in [0.1, 0.15) is 37.1 Å². The van der Waals surface area contributed by atoms with Gasteiger partial charge in [-0.05, 0) is 37.8 Å². The number of piperidine rings is 1. The normalized spacial score (nSPS) is 17.6. The van der Waals surface area contributed by atoms with E-state index in [1.807, 2.05) is 25.1 Å². The summed E-state index contributed by atoms with van der Waals surface area (Å²) in [7, 11) is 0. The molecule has 1 aliphatic heterocycles. The van der Waals surface area contributed by atoms with Gasteiger partial charge in [0.15, 0.2) is 0 Å². The second kappa shape index (κ2) is 7.55. The Balaban J connectivity index is 1.55. The zero-order valence-electron chi connectivity index (χ0n) is 14.5. The molecule has 7 heteroatoms. The first-order valence-electron chi connectivity index (χ1n) is 8.81. The van der Waals surface area contributed by atoms with Crippen LogP contribution in [0.5, 0.6) is 0 Å². The molecule has 3 rings (SSSR count). The first-order valence-corrected chi connectivity index (χ1v) is 8.81. The van der Waals surface area contributed by atoms with Gasteiger partial charge >= 0.3 is 6.03 Å². The molecule has 1 fully saturated rings. The fraction of sp³-hybridized carbons (Fsp3) is 0.500. The predicted octanol–water partition coefficient (Wildman–Crippen LogP) is 1.85. The lowest BCUT2D eigenvalue weighted by molar-refractivity contribution is -0.119. The van der Waals surface area contributed by atoms with Crippen LogP contribution in [-0.2, 0) is 11.2 Å². The number of urea groups is 1. The van der Waals surface area contributed by atoms with Crippen molar-refractivity contribution in [2.75, 3.05) is 13.1 Å². The van der Waals surface area contributed by atoms with Crippen LogP contribution in [0.15, 0.2) is 18.2 Å². The van der Waals surface area contributed by atoms with Crippen LogP contribution >= 0.6 is 0 Å². The van der Waals surface area contributed by atoms with Gasteiger partial charge in [-0.2, -0.15) is 0 Å². The third-order valence-electron chi connectivity index (χ3n) is 4.73. The molecule has 1 aromatic heterocycles. The van der Waals surface area contributed by atoms with Crippen LogP contribution < -0.4 is 11.1 Å². The number of benzene rings is 1. The second-order valence-corrected chi connectivity index (χ2v) is 6.65. The summed E-state index contributed by atoms with van der Waals surface area (Å²) in [5, 5.41) is 2.94. The van der Waals surface area contributed by atoms with Gasteiger partial charge in [-0.15, -0.1) is 0 Å². The Morgan fingerprint density at radius 1 is 1.40 bits per heavy atom. The number of nitrogens with two attached hydrogens (primary N) is 1. The molecule has 0 spiro atoms. The molecular weight excluding hydrogens is 318 g/mol. The van der Waals surface area contributed by atoms with Gasteiger partial charge < -0.3 is 20.9 Å². The van der Waals surface area contributed by atoms with Crippen molar-refractivity contribution in [1.29, 1.82) is 0 Å². The molecule has 7 nitrogen and oxygen atoms in total. The average molecular weight is 343 g/mol. The van der Waals surface area contributed by atoms with E-state index in [4.69, 9.17) is 5.73 Å². The van der Waals surface area contributed by atoms with E-state index in [0.29, 0.717) is 19.5 Å². The van der Waals surface area contributed by atoms with Gasteiger partial charge in [-0.25, -0.2) is 9.78 Å². The maximum absolute atomic E-state index is 12.4. The number of hydrogen-bond donors (Lipinski definition) is 3. The number of carbonyl (C=O) groups is 2. The number of rotatable bonds is 5. The van der Waals surface area contributed by atoms with E-state index in [2.05, 4.69) is 15.3 Å². The number of aromatic amines is 1. The summed E-state index contributed by atoms with van der Waals surface area (Å²) >= 11 is 0. The Kier molecular flexibility index (Phi) is 5.21. The van der Waals surface area contributed by atoms with Gasteiger partial charge in [-0.1, -0.05) is 12.1 Å². The number of primary amides is 1. The molecule has 0 radical (unpaired) electrons. The number of likely N-dealkylation sites (tertiary alicyclic amines) is 1. The van der Waals surface area contributed by atoms with Crippen molar-refractivity contribution in [3.05, 3.63) is 29.6 Å². The molecule has 1 aliphatic rings. The van der Waals surface area contributed by atoms with Crippen molar-refractivity contribution in [2.24, 2.45) is 5.73 Å². The molecule has 0 aliphatic carbocycles. The molecule has 1 unspecified atom stereocenters. The number of nitrogens with zero attached hydrogens (tertiary/aromatic N) is 2. The number of nitrogens with one attached hydrogen (secondary N) is 2. The Labute approximate surface area is 147 Å². The second-order valence-electron chi connectivity index (χ2n) is 6.65. The average Bonchev–Trinajstić information content (AvgIpc) is 2.99. The minimum Gasteiger partial charge on any atom is -0.370 e. The number of H-pyrrole nitrogens is 1. The monoisotopic (exact) mass is 343 g/mol. The van der Waals surface area contributed by atoms with Crippen LogP contribution in [0.25, 0.3) is 11.0 Å². The number of carbonyl (C=O) groups excluding carboxylic acids is 2. The summed E-state index contributed by atoms with van der Waals surface area (Å²) in [4.78, 5) is 33.3. The minimum atomic E-state index is -0.359. The van der Waals surface area contributed by atoms with Crippen LogP contribution in [0.4, 0.5) is 4.79 Å². The first kappa shape index (κ1) is 17.3. The summed E-state index contributed by atoms with van der Waals surface area (Å²) < 4.78 is 0. The standard InChI is InChI=1S/C18H25N5O2/c1-12-5-4-7-14-17(12)22-16(21-14)8-9-20-18(25)23-10-3-2-6-13(23)11-15(19)24/h4-5,7,13H,2-3,6,8-11H2,1H3,(H2,19,24)(H,20,25)(H,21,22). The van der Waals surface area contributed by atoms with Crippen molar-refractivity contribution < 1.29 is 9.59 Å². The highest BCUT2D eigenvalue weighted by molar-refractivity contribution is 5.79. The van der Waals surface area contributed by atoms with Gasteiger partial charge in [0.1, 0.15) is 5.82 Å². The van der Waals surface area contributed by atoms with Crippen molar-refractivity contribution >= 4 is 23.0 Å². The maximum Gasteiger partial charge on any atom is 0.317 e. The number of amides is 3. The molecule has 1 aromatic carbocycles. The number of fused-ring (bicyclic) bond motifs is 1. The van der Waals surface area contributed by atoms with Crippen LogP contribution in [0, 0.1) is 6.92 Å². The molecule has 0 bridgehead atoms. The first-order chi connectivity index (χ1) is 12.0. The molecule has 134 valence electrons. The fourth-order valence-electron chi connectivity index (χ4n) is 3.45. The Hall–Kier alpha value is -2.57. The number of hydrogen-bond acceptors (Lipinski definition) is 3. The lowest BCUT2D eigenvalue weighted by atomic mass is 9.99. The van der Waals surface area contributed by atoms with E-state index in [1.165, 1.54) is 0 Å². The van der Waals surface area contributed by atoms with Gasteiger partial charge in [-0.3, -0.25) is 4.79 Å². The molecule has 4 N–H and O–H groups in total.